The second-order valence-corrected chi connectivity index (χ2v) is 7.59. The Kier molecular flexibility index (Phi) is 6.73. The molecule has 27 heavy (non-hydrogen) atoms. The van der Waals surface area contributed by atoms with Gasteiger partial charge in [0.2, 0.25) is 0 Å². The lowest BCUT2D eigenvalue weighted by Gasteiger charge is -2.26. The van der Waals surface area contributed by atoms with Gasteiger partial charge in [-0.15, -0.1) is 0 Å². The zero-order valence-electron chi connectivity index (χ0n) is 15.0. The van der Waals surface area contributed by atoms with Crippen molar-refractivity contribution in [3.8, 4) is 0 Å². The number of rotatable bonds is 5. The molecule has 5 heteroatoms. The second-order valence-electron chi connectivity index (χ2n) is 6.36. The molecule has 0 aliphatic carbocycles. The highest BCUT2D eigenvalue weighted by atomic mass is 35.5. The monoisotopic (exact) mass is 414 g/mol. The normalized spacial score (nSPS) is 10.5. The molecular formula is C22H20Cl2N2S. The Labute approximate surface area is 175 Å². The summed E-state index contributed by atoms with van der Waals surface area (Å²) < 4.78 is 0. The Morgan fingerprint density at radius 3 is 2.15 bits per heavy atom. The molecule has 2 nitrogen and oxygen atoms in total. The first kappa shape index (κ1) is 19.7. The minimum absolute atomic E-state index is 0.663. The number of thiocarbonyl (C=S) groups is 1. The van der Waals surface area contributed by atoms with E-state index in [4.69, 9.17) is 35.4 Å². The Balaban J connectivity index is 1.79. The van der Waals surface area contributed by atoms with Gasteiger partial charge in [0.15, 0.2) is 5.11 Å². The highest BCUT2D eigenvalue weighted by Gasteiger charge is 2.12. The minimum Gasteiger partial charge on any atom is -0.340 e. The van der Waals surface area contributed by atoms with E-state index in [-0.39, 0.29) is 0 Å². The van der Waals surface area contributed by atoms with Gasteiger partial charge in [-0.2, -0.15) is 0 Å². The molecule has 0 radical (unpaired) electrons. The molecular weight excluding hydrogens is 395 g/mol. The molecule has 138 valence electrons. The molecule has 0 saturated carbocycles. The molecule has 0 bridgehead atoms. The number of hydrogen-bond acceptors (Lipinski definition) is 1. The van der Waals surface area contributed by atoms with Gasteiger partial charge in [-0.1, -0.05) is 65.7 Å². The Morgan fingerprint density at radius 1 is 0.889 bits per heavy atom. The van der Waals surface area contributed by atoms with E-state index in [9.17, 15) is 0 Å². The van der Waals surface area contributed by atoms with Gasteiger partial charge in [0.05, 0.1) is 0 Å². The van der Waals surface area contributed by atoms with Gasteiger partial charge < -0.3 is 10.2 Å². The van der Waals surface area contributed by atoms with Crippen LogP contribution in [0.25, 0.3) is 0 Å². The van der Waals surface area contributed by atoms with E-state index in [1.807, 2.05) is 67.6 Å². The van der Waals surface area contributed by atoms with Crippen LogP contribution in [0.1, 0.15) is 16.7 Å². The maximum Gasteiger partial charge on any atom is 0.174 e. The quantitative estimate of drug-likeness (QED) is 0.467. The molecule has 0 unspecified atom stereocenters. The summed E-state index contributed by atoms with van der Waals surface area (Å²) in [7, 11) is 0. The molecule has 1 N–H and O–H groups in total. The fourth-order valence-electron chi connectivity index (χ4n) is 2.74. The second kappa shape index (κ2) is 9.23. The maximum absolute atomic E-state index is 6.13. The largest absolute Gasteiger partial charge is 0.340 e. The standard InChI is InChI=1S/C22H20Cl2N2S/c1-16-13-20(11-12-21(16)24)25-22(27)26(14-17-5-3-2-4-6-17)15-18-7-9-19(23)10-8-18/h2-13H,14-15H2,1H3,(H,25,27). The molecule has 0 saturated heterocycles. The molecule has 0 amide bonds. The zero-order chi connectivity index (χ0) is 19.2. The van der Waals surface area contributed by atoms with Crippen LogP contribution in [0.4, 0.5) is 5.69 Å². The van der Waals surface area contributed by atoms with Crippen LogP contribution in [0, 0.1) is 6.92 Å². The van der Waals surface area contributed by atoms with E-state index >= 15 is 0 Å². The third kappa shape index (κ3) is 5.70. The Morgan fingerprint density at radius 2 is 1.52 bits per heavy atom. The first-order valence-electron chi connectivity index (χ1n) is 8.62. The van der Waals surface area contributed by atoms with Crippen LogP contribution in [0.2, 0.25) is 10.0 Å². The van der Waals surface area contributed by atoms with Crippen molar-refractivity contribution in [2.45, 2.75) is 20.0 Å². The van der Waals surface area contributed by atoms with Gasteiger partial charge in [0, 0.05) is 28.8 Å². The van der Waals surface area contributed by atoms with Gasteiger partial charge in [-0.05, 0) is 66.2 Å². The van der Waals surface area contributed by atoms with E-state index in [2.05, 4.69) is 22.3 Å². The highest BCUT2D eigenvalue weighted by molar-refractivity contribution is 7.80. The number of anilines is 1. The highest BCUT2D eigenvalue weighted by Crippen LogP contribution is 2.21. The number of aryl methyl sites for hydroxylation is 1. The van der Waals surface area contributed by atoms with Gasteiger partial charge in [0.1, 0.15) is 0 Å². The summed E-state index contributed by atoms with van der Waals surface area (Å²) in [5.41, 5.74) is 4.28. The summed E-state index contributed by atoms with van der Waals surface area (Å²) in [5.74, 6) is 0. The van der Waals surface area contributed by atoms with Crippen molar-refractivity contribution < 1.29 is 0 Å². The van der Waals surface area contributed by atoms with E-state index in [0.29, 0.717) is 18.2 Å². The fourth-order valence-corrected chi connectivity index (χ4v) is 3.23. The van der Waals surface area contributed by atoms with Gasteiger partial charge in [-0.3, -0.25) is 0 Å². The summed E-state index contributed by atoms with van der Waals surface area (Å²) in [6.45, 7) is 3.37. The average Bonchev–Trinajstić information content (AvgIpc) is 2.67. The molecule has 0 atom stereocenters. The lowest BCUT2D eigenvalue weighted by Crippen LogP contribution is -2.33. The van der Waals surface area contributed by atoms with Crippen molar-refractivity contribution in [1.82, 2.24) is 4.90 Å². The van der Waals surface area contributed by atoms with E-state index < -0.39 is 0 Å². The van der Waals surface area contributed by atoms with Crippen molar-refractivity contribution in [3.63, 3.8) is 0 Å². The molecule has 3 aromatic carbocycles. The van der Waals surface area contributed by atoms with Crippen LogP contribution in [0.5, 0.6) is 0 Å². The lowest BCUT2D eigenvalue weighted by atomic mass is 10.1. The molecule has 0 aliphatic rings. The Hall–Kier alpha value is -2.07. The van der Waals surface area contributed by atoms with Crippen molar-refractivity contribution in [2.75, 3.05) is 5.32 Å². The molecule has 0 heterocycles. The fraction of sp³-hybridized carbons (Fsp3) is 0.136. The molecule has 3 aromatic rings. The SMILES string of the molecule is Cc1cc(NC(=S)N(Cc2ccccc2)Cc2ccc(Cl)cc2)ccc1Cl. The molecule has 0 aromatic heterocycles. The van der Waals surface area contributed by atoms with E-state index in [1.54, 1.807) is 0 Å². The van der Waals surface area contributed by atoms with E-state index in [0.717, 1.165) is 26.9 Å². The van der Waals surface area contributed by atoms with E-state index in [1.165, 1.54) is 5.56 Å². The Bertz CT molecular complexity index is 911. The molecule has 0 fully saturated rings. The van der Waals surface area contributed by atoms with Crippen molar-refractivity contribution in [2.24, 2.45) is 0 Å². The smallest absolute Gasteiger partial charge is 0.174 e. The predicted molar refractivity (Wildman–Crippen MR) is 120 cm³/mol. The number of halogens is 2. The van der Waals surface area contributed by atoms with Crippen LogP contribution in [0.15, 0.2) is 72.8 Å². The predicted octanol–water partition coefficient (Wildman–Crippen LogP) is 6.70. The van der Waals surface area contributed by atoms with Crippen LogP contribution in [-0.4, -0.2) is 10.0 Å². The summed E-state index contributed by atoms with van der Waals surface area (Å²) >= 11 is 17.9. The summed E-state index contributed by atoms with van der Waals surface area (Å²) in [5, 5.41) is 5.47. The van der Waals surface area contributed by atoms with Crippen LogP contribution in [-0.2, 0) is 13.1 Å². The number of hydrogen-bond donors (Lipinski definition) is 1. The van der Waals surface area contributed by atoms with Crippen LogP contribution < -0.4 is 5.32 Å². The molecule has 0 spiro atoms. The number of nitrogens with zero attached hydrogens (tertiary/aromatic N) is 1. The topological polar surface area (TPSA) is 15.3 Å². The first-order chi connectivity index (χ1) is 13.0. The van der Waals surface area contributed by atoms with Crippen LogP contribution >= 0.6 is 35.4 Å². The number of nitrogens with one attached hydrogen (secondary N) is 1. The third-order valence-electron chi connectivity index (χ3n) is 4.20. The lowest BCUT2D eigenvalue weighted by molar-refractivity contribution is 0.413. The van der Waals surface area contributed by atoms with Crippen LogP contribution in [0.3, 0.4) is 0 Å². The van der Waals surface area contributed by atoms with Gasteiger partial charge >= 0.3 is 0 Å². The van der Waals surface area contributed by atoms with Crippen molar-refractivity contribution in [1.29, 1.82) is 0 Å². The zero-order valence-corrected chi connectivity index (χ0v) is 17.3. The van der Waals surface area contributed by atoms with Crippen molar-refractivity contribution in [3.05, 3.63) is 99.5 Å². The molecule has 3 rings (SSSR count). The molecule has 0 aliphatic heterocycles. The maximum atomic E-state index is 6.13. The summed E-state index contributed by atoms with van der Waals surface area (Å²) in [6, 6.07) is 23.9. The summed E-state index contributed by atoms with van der Waals surface area (Å²) in [6.07, 6.45) is 0. The van der Waals surface area contributed by atoms with Crippen molar-refractivity contribution >= 4 is 46.2 Å². The first-order valence-corrected chi connectivity index (χ1v) is 9.78. The minimum atomic E-state index is 0.663. The average molecular weight is 415 g/mol. The van der Waals surface area contributed by atoms with Gasteiger partial charge in [0.25, 0.3) is 0 Å². The summed E-state index contributed by atoms with van der Waals surface area (Å²) in [4.78, 5) is 2.14. The number of benzene rings is 3. The third-order valence-corrected chi connectivity index (χ3v) is 5.24. The van der Waals surface area contributed by atoms with Gasteiger partial charge in [-0.25, -0.2) is 0 Å².